The van der Waals surface area contributed by atoms with Gasteiger partial charge in [-0.25, -0.2) is 14.2 Å². The maximum absolute atomic E-state index is 14.1. The third-order valence-electron chi connectivity index (χ3n) is 5.85. The number of para-hydroxylation sites is 2. The van der Waals surface area contributed by atoms with Crippen molar-refractivity contribution in [2.24, 2.45) is 0 Å². The van der Waals surface area contributed by atoms with Crippen LogP contribution in [0, 0.1) is 5.82 Å². The Kier molecular flexibility index (Phi) is 6.55. The number of aromatic nitrogens is 2. The number of aliphatic hydroxyl groups excluding tert-OH is 1. The van der Waals surface area contributed by atoms with Crippen LogP contribution in [0.25, 0.3) is 11.0 Å². The molecule has 2 aromatic carbocycles. The molecule has 0 radical (unpaired) electrons. The maximum Gasteiger partial charge on any atom is 0.419 e. The number of rotatable bonds is 5. The van der Waals surface area contributed by atoms with Crippen LogP contribution in [0.4, 0.5) is 22.4 Å². The highest BCUT2D eigenvalue weighted by Crippen LogP contribution is 2.32. The van der Waals surface area contributed by atoms with Crippen molar-refractivity contribution < 1.29 is 27.5 Å². The van der Waals surface area contributed by atoms with Crippen molar-refractivity contribution in [2.75, 3.05) is 0 Å². The lowest BCUT2D eigenvalue weighted by atomic mass is 9.93. The molecule has 0 aliphatic heterocycles. The summed E-state index contributed by atoms with van der Waals surface area (Å²) in [5.41, 5.74) is 0.350. The third kappa shape index (κ3) is 5.62. The molecule has 176 valence electrons. The molecule has 1 saturated carbocycles. The van der Waals surface area contributed by atoms with Crippen molar-refractivity contribution in [2.45, 2.75) is 56.5 Å². The van der Waals surface area contributed by atoms with Crippen LogP contribution in [0.15, 0.2) is 42.5 Å². The first kappa shape index (κ1) is 23.0. The van der Waals surface area contributed by atoms with Gasteiger partial charge in [0.15, 0.2) is 0 Å². The van der Waals surface area contributed by atoms with Gasteiger partial charge in [0.05, 0.1) is 28.7 Å². The molecule has 3 aromatic rings. The Bertz CT molecular complexity index is 1090. The molecule has 33 heavy (non-hydrogen) atoms. The van der Waals surface area contributed by atoms with Gasteiger partial charge in [-0.2, -0.15) is 13.2 Å². The predicted molar refractivity (Wildman–Crippen MR) is 114 cm³/mol. The smallest absolute Gasteiger partial charge is 0.393 e. The molecule has 1 aliphatic rings. The molecule has 1 atom stereocenters. The van der Waals surface area contributed by atoms with E-state index in [4.69, 9.17) is 0 Å². The van der Waals surface area contributed by atoms with Crippen LogP contribution >= 0.6 is 0 Å². The summed E-state index contributed by atoms with van der Waals surface area (Å²) in [4.78, 5) is 20.3. The molecule has 1 aliphatic carbocycles. The number of hydrogen-bond donors (Lipinski definition) is 4. The normalized spacial score (nSPS) is 19.9. The summed E-state index contributed by atoms with van der Waals surface area (Å²) in [6.45, 7) is 0. The topological polar surface area (TPSA) is 90.0 Å². The summed E-state index contributed by atoms with van der Waals surface area (Å²) in [6.07, 6.45) is -2.62. The Morgan fingerprint density at radius 1 is 1.15 bits per heavy atom. The zero-order valence-corrected chi connectivity index (χ0v) is 17.6. The molecular weight excluding hydrogens is 440 g/mol. The number of aliphatic hydroxyl groups is 1. The van der Waals surface area contributed by atoms with E-state index in [0.29, 0.717) is 43.1 Å². The number of carbonyl (C=O) groups is 1. The molecular formula is C23H24F4N4O2. The second-order valence-corrected chi connectivity index (χ2v) is 8.33. The number of imidazole rings is 1. The number of benzene rings is 2. The SMILES string of the molecule is O=C(NC(Cc1ccc(C(F)(F)F)c(F)c1)c1nc2ccccc2[nH]1)N[C@H]1CC[C@H](O)CC1. The third-order valence-corrected chi connectivity index (χ3v) is 5.85. The second-order valence-electron chi connectivity index (χ2n) is 8.33. The van der Waals surface area contributed by atoms with E-state index in [0.717, 1.165) is 11.6 Å². The molecule has 1 heterocycles. The zero-order valence-electron chi connectivity index (χ0n) is 17.6. The lowest BCUT2D eigenvalue weighted by Crippen LogP contribution is -2.45. The standard InChI is InChI=1S/C23H24F4N4O2/c24-17-11-13(5-10-16(17)23(25,26)27)12-20(21-29-18-3-1-2-4-19(18)30-21)31-22(33)28-14-6-8-15(32)9-7-14/h1-5,10-11,14-15,20,32H,6-9,12H2,(H,29,30)(H2,28,31,33)/t14-,15-,20?. The minimum Gasteiger partial charge on any atom is -0.393 e. The van der Waals surface area contributed by atoms with Crippen LogP contribution in [0.3, 0.4) is 0 Å². The molecule has 1 unspecified atom stereocenters. The van der Waals surface area contributed by atoms with E-state index >= 15 is 0 Å². The van der Waals surface area contributed by atoms with Crippen molar-refractivity contribution in [3.05, 3.63) is 65.2 Å². The van der Waals surface area contributed by atoms with Crippen molar-refractivity contribution in [3.63, 3.8) is 0 Å². The van der Waals surface area contributed by atoms with Gasteiger partial charge in [0, 0.05) is 12.5 Å². The minimum absolute atomic E-state index is 0.0334. The molecule has 0 bridgehead atoms. The number of H-pyrrole nitrogens is 1. The number of aromatic amines is 1. The van der Waals surface area contributed by atoms with Gasteiger partial charge in [-0.15, -0.1) is 0 Å². The molecule has 10 heteroatoms. The summed E-state index contributed by atoms with van der Waals surface area (Å²) in [7, 11) is 0. The highest BCUT2D eigenvalue weighted by Gasteiger charge is 2.34. The molecule has 1 aromatic heterocycles. The number of urea groups is 1. The van der Waals surface area contributed by atoms with Gasteiger partial charge in [-0.05, 0) is 55.5 Å². The van der Waals surface area contributed by atoms with Gasteiger partial charge in [-0.1, -0.05) is 18.2 Å². The van der Waals surface area contributed by atoms with Gasteiger partial charge in [0.1, 0.15) is 11.6 Å². The van der Waals surface area contributed by atoms with E-state index in [9.17, 15) is 27.5 Å². The molecule has 4 rings (SSSR count). The Labute approximate surface area is 187 Å². The Morgan fingerprint density at radius 2 is 1.88 bits per heavy atom. The van der Waals surface area contributed by atoms with Crippen LogP contribution in [0.1, 0.15) is 48.7 Å². The van der Waals surface area contributed by atoms with E-state index in [2.05, 4.69) is 20.6 Å². The number of fused-ring (bicyclic) bond motifs is 1. The molecule has 4 N–H and O–H groups in total. The fourth-order valence-electron chi connectivity index (χ4n) is 4.11. The highest BCUT2D eigenvalue weighted by atomic mass is 19.4. The summed E-state index contributed by atoms with van der Waals surface area (Å²) in [5, 5.41) is 15.3. The predicted octanol–water partition coefficient (Wildman–Crippen LogP) is 4.61. The first-order chi connectivity index (χ1) is 15.7. The molecule has 0 spiro atoms. The Hall–Kier alpha value is -3.14. The number of carbonyl (C=O) groups excluding carboxylic acids is 1. The van der Waals surface area contributed by atoms with E-state index in [1.807, 2.05) is 18.2 Å². The number of alkyl halides is 3. The van der Waals surface area contributed by atoms with Crippen molar-refractivity contribution >= 4 is 17.1 Å². The van der Waals surface area contributed by atoms with Crippen LogP contribution in [0.5, 0.6) is 0 Å². The molecule has 0 saturated heterocycles. The number of hydrogen-bond acceptors (Lipinski definition) is 3. The zero-order chi connectivity index (χ0) is 23.6. The first-order valence-electron chi connectivity index (χ1n) is 10.7. The van der Waals surface area contributed by atoms with E-state index in [1.165, 1.54) is 6.07 Å². The Balaban J connectivity index is 1.55. The minimum atomic E-state index is -4.79. The average Bonchev–Trinajstić information content (AvgIpc) is 3.18. The van der Waals surface area contributed by atoms with Crippen LogP contribution in [-0.4, -0.2) is 33.3 Å². The average molecular weight is 464 g/mol. The summed E-state index contributed by atoms with van der Waals surface area (Å²) < 4.78 is 52.8. The number of amides is 2. The van der Waals surface area contributed by atoms with Crippen LogP contribution in [0.2, 0.25) is 0 Å². The van der Waals surface area contributed by atoms with Crippen molar-refractivity contribution in [1.29, 1.82) is 0 Å². The molecule has 6 nitrogen and oxygen atoms in total. The number of nitrogens with one attached hydrogen (secondary N) is 3. The number of halogens is 4. The van der Waals surface area contributed by atoms with E-state index in [-0.39, 0.29) is 24.1 Å². The molecule has 2 amide bonds. The van der Waals surface area contributed by atoms with Gasteiger partial charge < -0.3 is 20.7 Å². The van der Waals surface area contributed by atoms with Gasteiger partial charge in [0.2, 0.25) is 0 Å². The van der Waals surface area contributed by atoms with Gasteiger partial charge in [-0.3, -0.25) is 0 Å². The lowest BCUT2D eigenvalue weighted by Gasteiger charge is -2.27. The summed E-state index contributed by atoms with van der Waals surface area (Å²) in [5.74, 6) is -0.959. The highest BCUT2D eigenvalue weighted by molar-refractivity contribution is 5.76. The van der Waals surface area contributed by atoms with Gasteiger partial charge >= 0.3 is 12.2 Å². The van der Waals surface area contributed by atoms with E-state index in [1.54, 1.807) is 6.07 Å². The summed E-state index contributed by atoms with van der Waals surface area (Å²) >= 11 is 0. The first-order valence-corrected chi connectivity index (χ1v) is 10.7. The second kappa shape index (κ2) is 9.38. The quantitative estimate of drug-likeness (QED) is 0.416. The largest absolute Gasteiger partial charge is 0.419 e. The fourth-order valence-corrected chi connectivity index (χ4v) is 4.11. The maximum atomic E-state index is 14.1. The van der Waals surface area contributed by atoms with Crippen molar-refractivity contribution in [3.8, 4) is 0 Å². The summed E-state index contributed by atoms with van der Waals surface area (Å²) in [6, 6.07) is 8.68. The molecule has 1 fully saturated rings. The number of nitrogens with zero attached hydrogens (tertiary/aromatic N) is 1. The lowest BCUT2D eigenvalue weighted by molar-refractivity contribution is -0.140. The van der Waals surface area contributed by atoms with Crippen molar-refractivity contribution in [1.82, 2.24) is 20.6 Å². The van der Waals surface area contributed by atoms with Crippen LogP contribution in [-0.2, 0) is 12.6 Å². The Morgan fingerprint density at radius 3 is 2.55 bits per heavy atom. The van der Waals surface area contributed by atoms with Crippen LogP contribution < -0.4 is 10.6 Å². The van der Waals surface area contributed by atoms with E-state index < -0.39 is 29.6 Å². The van der Waals surface area contributed by atoms with Gasteiger partial charge in [0.25, 0.3) is 0 Å². The monoisotopic (exact) mass is 464 g/mol. The fraction of sp³-hybridized carbons (Fsp3) is 0.391.